The van der Waals surface area contributed by atoms with Gasteiger partial charge < -0.3 is 5.32 Å². The summed E-state index contributed by atoms with van der Waals surface area (Å²) >= 11 is 0. The predicted molar refractivity (Wildman–Crippen MR) is 130 cm³/mol. The van der Waals surface area contributed by atoms with Gasteiger partial charge in [0.15, 0.2) is 0 Å². The number of benzene rings is 3. The van der Waals surface area contributed by atoms with Crippen molar-refractivity contribution in [1.82, 2.24) is 4.98 Å². The van der Waals surface area contributed by atoms with E-state index >= 15 is 0 Å². The van der Waals surface area contributed by atoms with Crippen molar-refractivity contribution in [3.05, 3.63) is 96.2 Å². The second-order valence-corrected chi connectivity index (χ2v) is 10.1. The van der Waals surface area contributed by atoms with Crippen LogP contribution in [0.25, 0.3) is 10.8 Å². The molecule has 0 saturated heterocycles. The van der Waals surface area contributed by atoms with Gasteiger partial charge >= 0.3 is 0 Å². The van der Waals surface area contributed by atoms with Gasteiger partial charge in [-0.05, 0) is 65.1 Å². The van der Waals surface area contributed by atoms with E-state index in [-0.39, 0.29) is 34.0 Å². The van der Waals surface area contributed by atoms with E-state index in [4.69, 9.17) is 0 Å². The van der Waals surface area contributed by atoms with E-state index in [0.29, 0.717) is 22.9 Å². The minimum Gasteiger partial charge on any atom is -0.326 e. The number of sulfonamides is 1. The summed E-state index contributed by atoms with van der Waals surface area (Å²) < 4.78 is 54.3. The van der Waals surface area contributed by atoms with Crippen molar-refractivity contribution >= 4 is 38.2 Å². The summed E-state index contributed by atoms with van der Waals surface area (Å²) in [5, 5.41) is 3.91. The third-order valence-electron chi connectivity index (χ3n) is 6.07. The van der Waals surface area contributed by atoms with Crippen LogP contribution in [-0.2, 0) is 14.8 Å². The van der Waals surface area contributed by atoms with Crippen LogP contribution in [0.1, 0.15) is 29.9 Å². The first-order valence-electron chi connectivity index (χ1n) is 11.0. The van der Waals surface area contributed by atoms with Crippen LogP contribution in [0, 0.1) is 5.92 Å². The van der Waals surface area contributed by atoms with Gasteiger partial charge in [0.1, 0.15) is 5.82 Å². The van der Waals surface area contributed by atoms with E-state index in [1.165, 1.54) is 24.4 Å². The molecule has 0 radical (unpaired) electrons. The molecule has 5 rings (SSSR count). The molecule has 0 spiro atoms. The number of nitrogens with one attached hydrogen (secondary N) is 2. The molecule has 1 heterocycles. The number of rotatable bonds is 7. The largest absolute Gasteiger partial charge is 0.326 e. The molecule has 1 aliphatic rings. The summed E-state index contributed by atoms with van der Waals surface area (Å²) in [7, 11) is -3.78. The molecule has 35 heavy (non-hydrogen) atoms. The van der Waals surface area contributed by atoms with Crippen molar-refractivity contribution in [2.45, 2.75) is 23.7 Å². The molecule has 6 nitrogen and oxygen atoms in total. The van der Waals surface area contributed by atoms with Crippen LogP contribution in [0.5, 0.6) is 0 Å². The van der Waals surface area contributed by atoms with Gasteiger partial charge in [-0.2, -0.15) is 0 Å². The molecule has 1 fully saturated rings. The Morgan fingerprint density at radius 2 is 1.77 bits per heavy atom. The maximum absolute atomic E-state index is 13.3. The maximum atomic E-state index is 13.3. The summed E-state index contributed by atoms with van der Waals surface area (Å²) in [6.45, 7) is 0. The molecular formula is C26H21F2N3O3S. The van der Waals surface area contributed by atoms with Crippen LogP contribution >= 0.6 is 0 Å². The summed E-state index contributed by atoms with van der Waals surface area (Å²) in [6.07, 6.45) is -0.488. The topological polar surface area (TPSA) is 88.2 Å². The maximum Gasteiger partial charge on any atom is 0.264 e. The quantitative estimate of drug-likeness (QED) is 0.345. The number of carbonyl (C=O) groups is 1. The third-order valence-corrected chi connectivity index (χ3v) is 7.44. The highest BCUT2D eigenvalue weighted by Gasteiger charge is 2.44. The Kier molecular flexibility index (Phi) is 5.94. The Balaban J connectivity index is 1.26. The lowest BCUT2D eigenvalue weighted by Crippen LogP contribution is -2.15. The number of aromatic nitrogens is 1. The highest BCUT2D eigenvalue weighted by Crippen LogP contribution is 2.48. The molecule has 1 saturated carbocycles. The van der Waals surface area contributed by atoms with E-state index < -0.39 is 16.4 Å². The number of anilines is 2. The first-order valence-corrected chi connectivity index (χ1v) is 12.5. The van der Waals surface area contributed by atoms with Crippen LogP contribution in [-0.4, -0.2) is 19.3 Å². The molecular weight excluding hydrogens is 472 g/mol. The van der Waals surface area contributed by atoms with E-state index in [1.807, 2.05) is 0 Å². The standard InChI is InChI=1S/C26H21F2N3O3S/c27-25(28)20-5-3-4-16-7-10-18(14-21(16)20)30-26(32)23-15-22(23)17-8-11-19(12-9-17)35(33,34)31-24-6-1-2-13-29-24/h1-14,22-23,25H,15H2,(H,29,31)(H,30,32)/t22?,23-/m1/s1. The van der Waals surface area contributed by atoms with E-state index in [0.717, 1.165) is 5.56 Å². The first kappa shape index (κ1) is 22.9. The predicted octanol–water partition coefficient (Wildman–Crippen LogP) is 5.72. The number of halogens is 2. The second kappa shape index (κ2) is 9.07. The Morgan fingerprint density at radius 3 is 2.49 bits per heavy atom. The van der Waals surface area contributed by atoms with Gasteiger partial charge in [0.25, 0.3) is 16.4 Å². The zero-order valence-corrected chi connectivity index (χ0v) is 19.2. The van der Waals surface area contributed by atoms with Crippen molar-refractivity contribution < 1.29 is 22.0 Å². The fourth-order valence-corrected chi connectivity index (χ4v) is 5.18. The smallest absolute Gasteiger partial charge is 0.264 e. The highest BCUT2D eigenvalue weighted by atomic mass is 32.2. The Bertz CT molecular complexity index is 1490. The average molecular weight is 494 g/mol. The zero-order valence-electron chi connectivity index (χ0n) is 18.4. The normalized spacial score (nSPS) is 17.3. The van der Waals surface area contributed by atoms with Crippen LogP contribution in [0.15, 0.2) is 90.0 Å². The molecule has 0 bridgehead atoms. The van der Waals surface area contributed by atoms with Gasteiger partial charge in [-0.25, -0.2) is 22.2 Å². The number of hydrogen-bond acceptors (Lipinski definition) is 4. The Hall–Kier alpha value is -3.85. The van der Waals surface area contributed by atoms with Crippen molar-refractivity contribution in [2.75, 3.05) is 10.0 Å². The second-order valence-electron chi connectivity index (χ2n) is 8.41. The minimum absolute atomic E-state index is 0.0346. The number of pyridine rings is 1. The first-order chi connectivity index (χ1) is 16.8. The molecule has 9 heteroatoms. The lowest BCUT2D eigenvalue weighted by molar-refractivity contribution is -0.117. The van der Waals surface area contributed by atoms with Crippen molar-refractivity contribution in [2.24, 2.45) is 5.92 Å². The monoisotopic (exact) mass is 493 g/mol. The Morgan fingerprint density at radius 1 is 0.971 bits per heavy atom. The molecule has 1 amide bonds. The van der Waals surface area contributed by atoms with Gasteiger partial charge in [-0.15, -0.1) is 0 Å². The molecule has 1 aliphatic carbocycles. The summed E-state index contributed by atoms with van der Waals surface area (Å²) in [6, 6.07) is 21.0. The molecule has 4 aromatic rings. The van der Waals surface area contributed by atoms with Crippen molar-refractivity contribution in [3.8, 4) is 0 Å². The fourth-order valence-electron chi connectivity index (χ4n) is 4.17. The average Bonchev–Trinajstić information content (AvgIpc) is 3.65. The van der Waals surface area contributed by atoms with Crippen LogP contribution in [0.2, 0.25) is 0 Å². The van der Waals surface area contributed by atoms with E-state index in [9.17, 15) is 22.0 Å². The molecule has 1 aromatic heterocycles. The number of amides is 1. The number of nitrogens with zero attached hydrogens (tertiary/aromatic N) is 1. The number of alkyl halides is 2. The Labute approximate surface area is 201 Å². The minimum atomic E-state index is -3.78. The molecule has 1 unspecified atom stereocenters. The van der Waals surface area contributed by atoms with E-state index in [2.05, 4.69) is 15.0 Å². The molecule has 0 aliphatic heterocycles. The van der Waals surface area contributed by atoms with Gasteiger partial charge in [0.2, 0.25) is 5.91 Å². The lowest BCUT2D eigenvalue weighted by atomic mass is 10.0. The molecule has 2 atom stereocenters. The molecule has 3 aromatic carbocycles. The van der Waals surface area contributed by atoms with Gasteiger partial charge in [-0.3, -0.25) is 9.52 Å². The SMILES string of the molecule is O=C(Nc1ccc2cccc(C(F)F)c2c1)[C@@H]1CC1c1ccc(S(=O)(=O)Nc2ccccn2)cc1. The lowest BCUT2D eigenvalue weighted by Gasteiger charge is -2.10. The van der Waals surface area contributed by atoms with Gasteiger partial charge in [-0.1, -0.05) is 42.5 Å². The highest BCUT2D eigenvalue weighted by molar-refractivity contribution is 7.92. The fraction of sp³-hybridized carbons (Fsp3) is 0.154. The number of hydrogen-bond donors (Lipinski definition) is 2. The summed E-state index contributed by atoms with van der Waals surface area (Å²) in [4.78, 5) is 16.8. The van der Waals surface area contributed by atoms with Crippen LogP contribution < -0.4 is 10.0 Å². The molecule has 2 N–H and O–H groups in total. The third kappa shape index (κ3) is 4.85. The van der Waals surface area contributed by atoms with Gasteiger partial charge in [0.05, 0.1) is 4.90 Å². The van der Waals surface area contributed by atoms with Crippen molar-refractivity contribution in [1.29, 1.82) is 0 Å². The van der Waals surface area contributed by atoms with E-state index in [1.54, 1.807) is 60.7 Å². The number of fused-ring (bicyclic) bond motifs is 1. The summed E-state index contributed by atoms with van der Waals surface area (Å²) in [5.74, 6) is -0.278. The van der Waals surface area contributed by atoms with Crippen LogP contribution in [0.3, 0.4) is 0 Å². The zero-order chi connectivity index (χ0) is 24.6. The summed E-state index contributed by atoms with van der Waals surface area (Å²) in [5.41, 5.74) is 1.25. The van der Waals surface area contributed by atoms with Crippen molar-refractivity contribution in [3.63, 3.8) is 0 Å². The van der Waals surface area contributed by atoms with Gasteiger partial charge in [0, 0.05) is 23.4 Å². The van der Waals surface area contributed by atoms with Crippen LogP contribution in [0.4, 0.5) is 20.3 Å². The number of carbonyl (C=O) groups excluding carboxylic acids is 1. The molecule has 178 valence electrons.